The quantitative estimate of drug-likeness (QED) is 0.703. The first-order valence-corrected chi connectivity index (χ1v) is 4.41. The van der Waals surface area contributed by atoms with Crippen LogP contribution in [-0.4, -0.2) is 34.5 Å². The van der Waals surface area contributed by atoms with Crippen LogP contribution >= 0.6 is 12.2 Å². The Morgan fingerprint density at radius 1 is 1.64 bits per heavy atom. The zero-order valence-electron chi connectivity index (χ0n) is 7.98. The average Bonchev–Trinajstić information content (AvgIpc) is 2.09. The molecule has 0 aliphatic rings. The summed E-state index contributed by atoms with van der Waals surface area (Å²) in [5.41, 5.74) is -0.261. The van der Waals surface area contributed by atoms with Gasteiger partial charge in [0.05, 0.1) is 0 Å². The van der Waals surface area contributed by atoms with E-state index in [1.807, 2.05) is 0 Å². The molecule has 0 aromatic carbocycles. The molecule has 1 aromatic heterocycles. The summed E-state index contributed by atoms with van der Waals surface area (Å²) in [5.74, 6) is -0.0758. The lowest BCUT2D eigenvalue weighted by atomic mass is 10.5. The number of aromatic nitrogens is 2. The maximum atomic E-state index is 11.3. The number of hydrogen-bond acceptors (Lipinski definition) is 3. The van der Waals surface area contributed by atoms with Crippen LogP contribution in [0.5, 0.6) is 0 Å². The lowest BCUT2D eigenvalue weighted by molar-refractivity contribution is -0.129. The summed E-state index contributed by atoms with van der Waals surface area (Å²) < 4.78 is 1.77. The number of aromatic amines is 1. The highest BCUT2D eigenvalue weighted by Crippen LogP contribution is 1.89. The summed E-state index contributed by atoms with van der Waals surface area (Å²) >= 11 is 4.88. The standard InChI is InChI=1S/C8H11N3O2S/c1-10(2)7(13)5-11-4-3-6(12)9-8(11)14/h3-4H,5H2,1-2H3,(H,9,12,14). The van der Waals surface area contributed by atoms with Crippen molar-refractivity contribution in [1.29, 1.82) is 0 Å². The molecule has 6 heteroatoms. The van der Waals surface area contributed by atoms with Gasteiger partial charge in [-0.1, -0.05) is 0 Å². The van der Waals surface area contributed by atoms with Crippen molar-refractivity contribution in [2.45, 2.75) is 6.54 Å². The van der Waals surface area contributed by atoms with E-state index < -0.39 is 0 Å². The van der Waals surface area contributed by atoms with Gasteiger partial charge in [-0.15, -0.1) is 0 Å². The van der Waals surface area contributed by atoms with E-state index in [-0.39, 0.29) is 22.8 Å². The Bertz CT molecular complexity index is 446. The zero-order valence-corrected chi connectivity index (χ0v) is 8.80. The van der Waals surface area contributed by atoms with E-state index in [0.29, 0.717) is 0 Å². The molecule has 5 nitrogen and oxygen atoms in total. The molecule has 1 N–H and O–H groups in total. The van der Waals surface area contributed by atoms with Crippen LogP contribution in [-0.2, 0) is 11.3 Å². The Labute approximate surface area is 86.0 Å². The molecule has 0 unspecified atom stereocenters. The minimum atomic E-state index is -0.261. The number of amides is 1. The second-order valence-corrected chi connectivity index (χ2v) is 3.41. The van der Waals surface area contributed by atoms with Crippen LogP contribution in [0.2, 0.25) is 0 Å². The van der Waals surface area contributed by atoms with Crippen LogP contribution in [0, 0.1) is 4.77 Å². The fourth-order valence-corrected chi connectivity index (χ4v) is 1.08. The zero-order chi connectivity index (χ0) is 10.7. The molecule has 1 amide bonds. The van der Waals surface area contributed by atoms with Crippen molar-refractivity contribution in [3.05, 3.63) is 27.4 Å². The molecule has 0 atom stereocenters. The van der Waals surface area contributed by atoms with Crippen molar-refractivity contribution >= 4 is 18.1 Å². The van der Waals surface area contributed by atoms with Gasteiger partial charge >= 0.3 is 0 Å². The fraction of sp³-hybridized carbons (Fsp3) is 0.375. The summed E-state index contributed by atoms with van der Waals surface area (Å²) in [6.45, 7) is 0.141. The van der Waals surface area contributed by atoms with Crippen molar-refractivity contribution < 1.29 is 4.79 Å². The van der Waals surface area contributed by atoms with Crippen molar-refractivity contribution in [3.63, 3.8) is 0 Å². The van der Waals surface area contributed by atoms with Gasteiger partial charge in [0, 0.05) is 26.4 Å². The predicted octanol–water partition coefficient (Wildman–Crippen LogP) is -0.00591. The maximum absolute atomic E-state index is 11.3. The third-order valence-corrected chi connectivity index (χ3v) is 2.04. The predicted molar refractivity (Wildman–Crippen MR) is 54.6 cm³/mol. The van der Waals surface area contributed by atoms with E-state index in [2.05, 4.69) is 4.98 Å². The number of carbonyl (C=O) groups excluding carboxylic acids is 1. The molecule has 0 aliphatic heterocycles. The highest BCUT2D eigenvalue weighted by molar-refractivity contribution is 7.71. The smallest absolute Gasteiger partial charge is 0.251 e. The van der Waals surface area contributed by atoms with Gasteiger partial charge in [-0.3, -0.25) is 14.6 Å². The number of carbonyl (C=O) groups is 1. The van der Waals surface area contributed by atoms with E-state index in [1.165, 1.54) is 21.7 Å². The normalized spacial score (nSPS) is 9.86. The summed E-state index contributed by atoms with van der Waals surface area (Å²) in [7, 11) is 3.33. The molecule has 76 valence electrons. The van der Waals surface area contributed by atoms with Gasteiger partial charge in [0.1, 0.15) is 6.54 Å². The third-order valence-electron chi connectivity index (χ3n) is 1.70. The molecule has 14 heavy (non-hydrogen) atoms. The lowest BCUT2D eigenvalue weighted by Gasteiger charge is -2.11. The van der Waals surface area contributed by atoms with Crippen LogP contribution in [0.4, 0.5) is 0 Å². The largest absolute Gasteiger partial charge is 0.347 e. The number of hydrogen-bond donors (Lipinski definition) is 1. The van der Waals surface area contributed by atoms with E-state index in [9.17, 15) is 9.59 Å². The van der Waals surface area contributed by atoms with E-state index in [4.69, 9.17) is 12.2 Å². The van der Waals surface area contributed by atoms with Crippen LogP contribution < -0.4 is 5.56 Å². The number of rotatable bonds is 2. The molecule has 1 rings (SSSR count). The molecule has 0 spiro atoms. The second-order valence-electron chi connectivity index (χ2n) is 3.03. The number of H-pyrrole nitrogens is 1. The maximum Gasteiger partial charge on any atom is 0.251 e. The molecule has 0 fully saturated rings. The SMILES string of the molecule is CN(C)C(=O)Cn1ccc(=O)[nH]c1=S. The van der Waals surface area contributed by atoms with E-state index >= 15 is 0 Å². The van der Waals surface area contributed by atoms with Crippen LogP contribution in [0.3, 0.4) is 0 Å². The molecular weight excluding hydrogens is 202 g/mol. The number of nitrogens with one attached hydrogen (secondary N) is 1. The number of likely N-dealkylation sites (N-methyl/N-ethyl adjacent to an activating group) is 1. The first-order chi connectivity index (χ1) is 6.50. The summed E-state index contributed by atoms with van der Waals surface area (Å²) in [5, 5.41) is 0. The first-order valence-electron chi connectivity index (χ1n) is 4.00. The second kappa shape index (κ2) is 4.19. The number of nitrogens with zero attached hydrogens (tertiary/aromatic N) is 2. The molecule has 0 bridgehead atoms. The Balaban J connectivity index is 2.94. The van der Waals surface area contributed by atoms with Gasteiger partial charge in [0.15, 0.2) is 4.77 Å². The van der Waals surface area contributed by atoms with E-state index in [1.54, 1.807) is 14.1 Å². The average molecular weight is 213 g/mol. The van der Waals surface area contributed by atoms with E-state index in [0.717, 1.165) is 0 Å². The molecule has 0 saturated carbocycles. The highest BCUT2D eigenvalue weighted by Gasteiger charge is 2.04. The van der Waals surface area contributed by atoms with Crippen molar-refractivity contribution in [2.75, 3.05) is 14.1 Å². The molecule has 0 radical (unpaired) electrons. The lowest BCUT2D eigenvalue weighted by Crippen LogP contribution is -2.27. The van der Waals surface area contributed by atoms with Gasteiger partial charge in [0.25, 0.3) is 5.56 Å². The van der Waals surface area contributed by atoms with Crippen molar-refractivity contribution in [1.82, 2.24) is 14.5 Å². The topological polar surface area (TPSA) is 58.1 Å². The fourth-order valence-electron chi connectivity index (χ4n) is 0.856. The van der Waals surface area contributed by atoms with Gasteiger partial charge < -0.3 is 9.47 Å². The van der Waals surface area contributed by atoms with Gasteiger partial charge in [-0.05, 0) is 12.2 Å². The minimum absolute atomic E-state index is 0.0758. The summed E-state index contributed by atoms with van der Waals surface area (Å²) in [6.07, 6.45) is 1.50. The molecule has 1 aromatic rings. The molecular formula is C8H11N3O2S. The Morgan fingerprint density at radius 3 is 2.79 bits per heavy atom. The Hall–Kier alpha value is -1.43. The van der Waals surface area contributed by atoms with Crippen LogP contribution in [0.1, 0.15) is 0 Å². The highest BCUT2D eigenvalue weighted by atomic mass is 32.1. The monoisotopic (exact) mass is 213 g/mol. The minimum Gasteiger partial charge on any atom is -0.347 e. The van der Waals surface area contributed by atoms with Gasteiger partial charge in [0.2, 0.25) is 5.91 Å². The molecule has 1 heterocycles. The molecule has 0 aliphatic carbocycles. The summed E-state index contributed by atoms with van der Waals surface area (Å²) in [4.78, 5) is 26.0. The van der Waals surface area contributed by atoms with Gasteiger partial charge in [-0.2, -0.15) is 0 Å². The van der Waals surface area contributed by atoms with Gasteiger partial charge in [-0.25, -0.2) is 0 Å². The van der Waals surface area contributed by atoms with Crippen molar-refractivity contribution in [3.8, 4) is 0 Å². The Kier molecular flexibility index (Phi) is 3.19. The van der Waals surface area contributed by atoms with Crippen molar-refractivity contribution in [2.24, 2.45) is 0 Å². The van der Waals surface area contributed by atoms with Crippen LogP contribution in [0.15, 0.2) is 17.1 Å². The molecule has 0 saturated heterocycles. The van der Waals surface area contributed by atoms with Crippen LogP contribution in [0.25, 0.3) is 0 Å². The first kappa shape index (κ1) is 10.6. The third kappa shape index (κ3) is 2.53. The Morgan fingerprint density at radius 2 is 2.29 bits per heavy atom. The summed E-state index contributed by atoms with van der Waals surface area (Å²) in [6, 6.07) is 1.33.